The van der Waals surface area contributed by atoms with Crippen molar-refractivity contribution in [3.8, 4) is 0 Å². The lowest BCUT2D eigenvalue weighted by Crippen LogP contribution is -2.45. The first-order valence-electron chi connectivity index (χ1n) is 5.40. The van der Waals surface area contributed by atoms with Crippen LogP contribution in [0.25, 0.3) is 0 Å². The standard InChI is InChI=1S/C10H19N5O/c1-3-10(4-2,5-11)15-8-7(12)9(16)14-6-13-8/h6H,3-5,11-12H2,1-2H3,(H2,13,14,15,16). The molecular weight excluding hydrogens is 206 g/mol. The first-order chi connectivity index (χ1) is 7.58. The summed E-state index contributed by atoms with van der Waals surface area (Å²) in [5.74, 6) is 0.401. The van der Waals surface area contributed by atoms with Crippen LogP contribution >= 0.6 is 0 Å². The number of anilines is 2. The van der Waals surface area contributed by atoms with E-state index in [-0.39, 0.29) is 16.8 Å². The molecule has 1 aromatic heterocycles. The van der Waals surface area contributed by atoms with Gasteiger partial charge in [0.15, 0.2) is 5.82 Å². The summed E-state index contributed by atoms with van der Waals surface area (Å²) in [5, 5.41) is 3.17. The van der Waals surface area contributed by atoms with E-state index in [4.69, 9.17) is 11.5 Å². The van der Waals surface area contributed by atoms with Gasteiger partial charge in [0.1, 0.15) is 5.69 Å². The van der Waals surface area contributed by atoms with E-state index in [1.165, 1.54) is 6.33 Å². The quantitative estimate of drug-likeness (QED) is 0.575. The maximum atomic E-state index is 11.3. The summed E-state index contributed by atoms with van der Waals surface area (Å²) in [7, 11) is 0. The van der Waals surface area contributed by atoms with E-state index < -0.39 is 0 Å². The van der Waals surface area contributed by atoms with Gasteiger partial charge in [0.2, 0.25) is 0 Å². The monoisotopic (exact) mass is 225 g/mol. The number of H-pyrrole nitrogens is 1. The molecule has 0 radical (unpaired) electrons. The van der Waals surface area contributed by atoms with Crippen LogP contribution in [0.5, 0.6) is 0 Å². The summed E-state index contributed by atoms with van der Waals surface area (Å²) in [6.07, 6.45) is 3.01. The van der Waals surface area contributed by atoms with E-state index in [2.05, 4.69) is 15.3 Å². The van der Waals surface area contributed by atoms with E-state index in [0.29, 0.717) is 12.4 Å². The highest BCUT2D eigenvalue weighted by Crippen LogP contribution is 2.21. The Labute approximate surface area is 94.5 Å². The van der Waals surface area contributed by atoms with Gasteiger partial charge in [-0.2, -0.15) is 0 Å². The molecule has 0 aliphatic heterocycles. The second kappa shape index (κ2) is 4.98. The second-order valence-corrected chi connectivity index (χ2v) is 3.81. The minimum Gasteiger partial charge on any atom is -0.391 e. The number of aromatic nitrogens is 2. The van der Waals surface area contributed by atoms with Crippen molar-refractivity contribution in [2.75, 3.05) is 17.6 Å². The smallest absolute Gasteiger partial charge is 0.276 e. The zero-order valence-corrected chi connectivity index (χ0v) is 9.71. The van der Waals surface area contributed by atoms with Crippen molar-refractivity contribution in [1.82, 2.24) is 9.97 Å². The molecule has 0 unspecified atom stereocenters. The Bertz CT molecular complexity index is 388. The minimum atomic E-state index is -0.337. The molecular formula is C10H19N5O. The molecule has 0 aliphatic carbocycles. The van der Waals surface area contributed by atoms with Crippen LogP contribution in [0.4, 0.5) is 11.5 Å². The van der Waals surface area contributed by atoms with Crippen LogP contribution in [0.3, 0.4) is 0 Å². The fraction of sp³-hybridized carbons (Fsp3) is 0.600. The summed E-state index contributed by atoms with van der Waals surface area (Å²) in [6.45, 7) is 4.54. The third-order valence-electron chi connectivity index (χ3n) is 3.02. The third kappa shape index (κ3) is 2.33. The van der Waals surface area contributed by atoms with Gasteiger partial charge in [0.05, 0.1) is 11.9 Å². The van der Waals surface area contributed by atoms with Gasteiger partial charge in [-0.1, -0.05) is 13.8 Å². The van der Waals surface area contributed by atoms with Crippen molar-refractivity contribution in [2.45, 2.75) is 32.2 Å². The summed E-state index contributed by atoms with van der Waals surface area (Å²) in [6, 6.07) is 0. The van der Waals surface area contributed by atoms with E-state index in [0.717, 1.165) is 12.8 Å². The number of rotatable bonds is 5. The molecule has 90 valence electrons. The molecule has 0 aliphatic rings. The number of nitrogens with two attached hydrogens (primary N) is 2. The van der Waals surface area contributed by atoms with Crippen molar-refractivity contribution in [2.24, 2.45) is 5.73 Å². The van der Waals surface area contributed by atoms with Crippen molar-refractivity contribution < 1.29 is 0 Å². The number of nitrogens with one attached hydrogen (secondary N) is 2. The van der Waals surface area contributed by atoms with Crippen molar-refractivity contribution in [1.29, 1.82) is 0 Å². The lowest BCUT2D eigenvalue weighted by Gasteiger charge is -2.32. The number of hydrogen-bond donors (Lipinski definition) is 4. The molecule has 6 nitrogen and oxygen atoms in total. The first-order valence-corrected chi connectivity index (χ1v) is 5.40. The Morgan fingerprint density at radius 2 is 2.12 bits per heavy atom. The highest BCUT2D eigenvalue weighted by atomic mass is 16.1. The lowest BCUT2D eigenvalue weighted by atomic mass is 9.93. The van der Waals surface area contributed by atoms with Gasteiger partial charge in [-0.25, -0.2) is 4.98 Å². The molecule has 0 amide bonds. The number of nitrogens with zero attached hydrogens (tertiary/aromatic N) is 1. The zero-order valence-electron chi connectivity index (χ0n) is 9.71. The molecule has 6 heteroatoms. The van der Waals surface area contributed by atoms with Crippen LogP contribution in [0.15, 0.2) is 11.1 Å². The molecule has 0 aromatic carbocycles. The van der Waals surface area contributed by atoms with Crippen LogP contribution in [0, 0.1) is 0 Å². The first kappa shape index (κ1) is 12.5. The van der Waals surface area contributed by atoms with Crippen molar-refractivity contribution in [3.63, 3.8) is 0 Å². The molecule has 0 atom stereocenters. The van der Waals surface area contributed by atoms with Crippen LogP contribution < -0.4 is 22.3 Å². The predicted molar refractivity (Wildman–Crippen MR) is 65.3 cm³/mol. The average Bonchev–Trinajstić information content (AvgIpc) is 2.32. The molecule has 6 N–H and O–H groups in total. The van der Waals surface area contributed by atoms with Crippen LogP contribution in [0.2, 0.25) is 0 Å². The van der Waals surface area contributed by atoms with Gasteiger partial charge in [-0.3, -0.25) is 4.79 Å². The topological polar surface area (TPSA) is 110 Å². The van der Waals surface area contributed by atoms with Gasteiger partial charge < -0.3 is 21.8 Å². The molecule has 1 rings (SSSR count). The highest BCUT2D eigenvalue weighted by Gasteiger charge is 2.25. The summed E-state index contributed by atoms with van der Waals surface area (Å²) < 4.78 is 0. The van der Waals surface area contributed by atoms with Gasteiger partial charge in [-0.05, 0) is 12.8 Å². The maximum absolute atomic E-state index is 11.3. The molecule has 16 heavy (non-hydrogen) atoms. The molecule has 0 saturated heterocycles. The molecule has 1 heterocycles. The van der Waals surface area contributed by atoms with E-state index in [1.807, 2.05) is 13.8 Å². The third-order valence-corrected chi connectivity index (χ3v) is 3.02. The van der Waals surface area contributed by atoms with Crippen molar-refractivity contribution in [3.05, 3.63) is 16.7 Å². The Morgan fingerprint density at radius 1 is 1.50 bits per heavy atom. The normalized spacial score (nSPS) is 11.4. The SMILES string of the molecule is CCC(CC)(CN)Nc1nc[nH]c(=O)c1N. The maximum Gasteiger partial charge on any atom is 0.276 e. The molecule has 0 spiro atoms. The summed E-state index contributed by atoms with van der Waals surface area (Å²) >= 11 is 0. The fourth-order valence-corrected chi connectivity index (χ4v) is 1.53. The minimum absolute atomic E-state index is 0.0993. The molecule has 1 aromatic rings. The Balaban J connectivity index is 3.03. The molecule has 0 bridgehead atoms. The van der Waals surface area contributed by atoms with E-state index in [9.17, 15) is 4.79 Å². The van der Waals surface area contributed by atoms with Crippen molar-refractivity contribution >= 4 is 11.5 Å². The Hall–Kier alpha value is -1.56. The molecule has 0 saturated carbocycles. The van der Waals surface area contributed by atoms with Gasteiger partial charge in [0.25, 0.3) is 5.56 Å². The average molecular weight is 225 g/mol. The van der Waals surface area contributed by atoms with E-state index in [1.54, 1.807) is 0 Å². The molecule has 0 fully saturated rings. The predicted octanol–water partition coefficient (Wildman–Crippen LogP) is 0.282. The van der Waals surface area contributed by atoms with Gasteiger partial charge >= 0.3 is 0 Å². The fourth-order valence-electron chi connectivity index (χ4n) is 1.53. The number of hydrogen-bond acceptors (Lipinski definition) is 5. The zero-order chi connectivity index (χ0) is 12.2. The van der Waals surface area contributed by atoms with Gasteiger partial charge in [-0.15, -0.1) is 0 Å². The Morgan fingerprint density at radius 3 is 2.62 bits per heavy atom. The Kier molecular flexibility index (Phi) is 3.89. The van der Waals surface area contributed by atoms with Gasteiger partial charge in [0, 0.05) is 6.54 Å². The van der Waals surface area contributed by atoms with E-state index >= 15 is 0 Å². The number of nitrogen functional groups attached to an aromatic ring is 1. The van der Waals surface area contributed by atoms with Crippen LogP contribution in [-0.2, 0) is 0 Å². The summed E-state index contributed by atoms with van der Waals surface area (Å²) in [4.78, 5) is 17.7. The lowest BCUT2D eigenvalue weighted by molar-refractivity contribution is 0.444. The number of aromatic amines is 1. The highest BCUT2D eigenvalue weighted by molar-refractivity contribution is 5.60. The second-order valence-electron chi connectivity index (χ2n) is 3.81. The van der Waals surface area contributed by atoms with Crippen LogP contribution in [-0.4, -0.2) is 22.1 Å². The largest absolute Gasteiger partial charge is 0.391 e. The van der Waals surface area contributed by atoms with Crippen LogP contribution in [0.1, 0.15) is 26.7 Å². The summed E-state index contributed by atoms with van der Waals surface area (Å²) in [5.41, 5.74) is 10.9.